The third kappa shape index (κ3) is 7.13. The van der Waals surface area contributed by atoms with Crippen LogP contribution in [0.5, 0.6) is 5.75 Å². The van der Waals surface area contributed by atoms with Gasteiger partial charge in [-0.2, -0.15) is 0 Å². The molecule has 1 rings (SSSR count). The summed E-state index contributed by atoms with van der Waals surface area (Å²) in [4.78, 5) is 0. The molecule has 0 amide bonds. The van der Waals surface area contributed by atoms with Crippen molar-refractivity contribution in [1.29, 1.82) is 0 Å². The van der Waals surface area contributed by atoms with Gasteiger partial charge < -0.3 is 4.74 Å². The fourth-order valence-electron chi connectivity index (χ4n) is 1.44. The predicted octanol–water partition coefficient (Wildman–Crippen LogP) is 3.95. The molecule has 1 aromatic rings. The molecule has 1 atom stereocenters. The van der Waals surface area contributed by atoms with Crippen molar-refractivity contribution < 1.29 is 17.5 Å². The molecule has 7 heteroatoms. The lowest BCUT2D eigenvalue weighted by Gasteiger charge is -2.12. The third-order valence-electron chi connectivity index (χ3n) is 2.62. The molecule has 0 radical (unpaired) electrons. The van der Waals surface area contributed by atoms with Gasteiger partial charge in [0.05, 0.1) is 12.4 Å². The molecule has 0 saturated carbocycles. The Kier molecular flexibility index (Phi) is 6.56. The number of hydrogen-bond donors (Lipinski definition) is 0. The summed E-state index contributed by atoms with van der Waals surface area (Å²) in [6, 6.07) is 4.47. The van der Waals surface area contributed by atoms with Crippen molar-refractivity contribution in [3.8, 4) is 5.75 Å². The number of benzene rings is 1. The quantitative estimate of drug-likeness (QED) is 0.680. The van der Waals surface area contributed by atoms with Crippen LogP contribution < -0.4 is 4.74 Å². The SMILES string of the molecule is CC(CCOc1cc(Br)ccc1F)CCS(=O)(=O)Cl. The maximum absolute atomic E-state index is 13.4. The lowest BCUT2D eigenvalue weighted by Crippen LogP contribution is -2.09. The number of hydrogen-bond acceptors (Lipinski definition) is 3. The van der Waals surface area contributed by atoms with E-state index in [-0.39, 0.29) is 17.4 Å². The van der Waals surface area contributed by atoms with Crippen molar-refractivity contribution in [2.75, 3.05) is 12.4 Å². The first-order chi connectivity index (χ1) is 8.78. The maximum atomic E-state index is 13.4. The molecule has 1 aromatic carbocycles. The standard InChI is InChI=1S/C12H15BrClFO3S/c1-9(5-7-19(14,16)17)4-6-18-12-8-10(13)2-3-11(12)15/h2-3,8-9H,4-7H2,1H3. The Morgan fingerprint density at radius 1 is 1.42 bits per heavy atom. The van der Waals surface area contributed by atoms with E-state index in [4.69, 9.17) is 15.4 Å². The highest BCUT2D eigenvalue weighted by molar-refractivity contribution is 9.10. The Hall–Kier alpha value is -0.330. The van der Waals surface area contributed by atoms with Crippen LogP contribution in [-0.2, 0) is 9.05 Å². The van der Waals surface area contributed by atoms with Crippen molar-refractivity contribution in [2.24, 2.45) is 5.92 Å². The maximum Gasteiger partial charge on any atom is 0.232 e. The molecule has 0 heterocycles. The normalized spacial score (nSPS) is 13.3. The summed E-state index contributed by atoms with van der Waals surface area (Å²) in [5.74, 6) is -0.143. The first kappa shape index (κ1) is 16.7. The van der Waals surface area contributed by atoms with Crippen molar-refractivity contribution in [1.82, 2.24) is 0 Å². The van der Waals surface area contributed by atoms with Gasteiger partial charge in [0.1, 0.15) is 0 Å². The van der Waals surface area contributed by atoms with E-state index in [2.05, 4.69) is 15.9 Å². The molecular formula is C12H15BrClFO3S. The molecule has 1 unspecified atom stereocenters. The molecule has 0 bridgehead atoms. The highest BCUT2D eigenvalue weighted by Crippen LogP contribution is 2.23. The van der Waals surface area contributed by atoms with Crippen LogP contribution in [0.2, 0.25) is 0 Å². The van der Waals surface area contributed by atoms with Gasteiger partial charge in [-0.05, 0) is 37.0 Å². The van der Waals surface area contributed by atoms with Gasteiger partial charge >= 0.3 is 0 Å². The van der Waals surface area contributed by atoms with Gasteiger partial charge in [0.15, 0.2) is 11.6 Å². The van der Waals surface area contributed by atoms with Crippen LogP contribution >= 0.6 is 26.6 Å². The number of rotatable bonds is 7. The van der Waals surface area contributed by atoms with Gasteiger partial charge in [-0.3, -0.25) is 0 Å². The minimum absolute atomic E-state index is 0.0546. The molecule has 0 aliphatic carbocycles. The summed E-state index contributed by atoms with van der Waals surface area (Å²) >= 11 is 3.24. The van der Waals surface area contributed by atoms with Crippen LogP contribution in [0, 0.1) is 11.7 Å². The second-order valence-corrected chi connectivity index (χ2v) is 8.16. The predicted molar refractivity (Wildman–Crippen MR) is 77.6 cm³/mol. The molecule has 19 heavy (non-hydrogen) atoms. The van der Waals surface area contributed by atoms with Crippen LogP contribution in [0.3, 0.4) is 0 Å². The smallest absolute Gasteiger partial charge is 0.232 e. The molecule has 0 aliphatic heterocycles. The zero-order chi connectivity index (χ0) is 14.5. The van der Waals surface area contributed by atoms with E-state index in [1.54, 1.807) is 12.1 Å². The van der Waals surface area contributed by atoms with E-state index in [1.807, 2.05) is 6.92 Å². The fraction of sp³-hybridized carbons (Fsp3) is 0.500. The summed E-state index contributed by atoms with van der Waals surface area (Å²) in [6.07, 6.45) is 1.11. The molecule has 0 fully saturated rings. The fourth-order valence-corrected chi connectivity index (χ4v) is 2.74. The third-order valence-corrected chi connectivity index (χ3v) is 4.30. The van der Waals surface area contributed by atoms with E-state index in [9.17, 15) is 12.8 Å². The first-order valence-corrected chi connectivity index (χ1v) is 9.05. The van der Waals surface area contributed by atoms with Gasteiger partial charge in [0.25, 0.3) is 0 Å². The zero-order valence-electron chi connectivity index (χ0n) is 10.4. The van der Waals surface area contributed by atoms with Crippen LogP contribution in [0.1, 0.15) is 19.8 Å². The Labute approximate surface area is 125 Å². The second-order valence-electron chi connectivity index (χ2n) is 4.35. The molecule has 0 spiro atoms. The molecular weight excluding hydrogens is 359 g/mol. The summed E-state index contributed by atoms with van der Waals surface area (Å²) < 4.78 is 41.0. The van der Waals surface area contributed by atoms with Crippen LogP contribution in [0.15, 0.2) is 22.7 Å². The van der Waals surface area contributed by atoms with Crippen LogP contribution in [0.25, 0.3) is 0 Å². The summed E-state index contributed by atoms with van der Waals surface area (Å²) in [5.41, 5.74) is 0. The number of halogens is 3. The van der Waals surface area contributed by atoms with Crippen molar-refractivity contribution in [2.45, 2.75) is 19.8 Å². The zero-order valence-corrected chi connectivity index (χ0v) is 13.6. The molecule has 0 saturated heterocycles. The van der Waals surface area contributed by atoms with Gasteiger partial charge in [0.2, 0.25) is 9.05 Å². The van der Waals surface area contributed by atoms with Crippen LogP contribution in [0.4, 0.5) is 4.39 Å². The van der Waals surface area contributed by atoms with Crippen molar-refractivity contribution >= 4 is 35.7 Å². The number of ether oxygens (including phenoxy) is 1. The molecule has 0 aromatic heterocycles. The highest BCUT2D eigenvalue weighted by atomic mass is 79.9. The van der Waals surface area contributed by atoms with Gasteiger partial charge in [-0.1, -0.05) is 22.9 Å². The highest BCUT2D eigenvalue weighted by Gasteiger charge is 2.10. The van der Waals surface area contributed by atoms with Gasteiger partial charge in [-0.25, -0.2) is 12.8 Å². The average Bonchev–Trinajstić information content (AvgIpc) is 2.30. The minimum Gasteiger partial charge on any atom is -0.490 e. The summed E-state index contributed by atoms with van der Waals surface area (Å²) in [7, 11) is 1.69. The Balaban J connectivity index is 2.35. The van der Waals surface area contributed by atoms with E-state index >= 15 is 0 Å². The lowest BCUT2D eigenvalue weighted by atomic mass is 10.1. The van der Waals surface area contributed by atoms with Crippen molar-refractivity contribution in [3.05, 3.63) is 28.5 Å². The van der Waals surface area contributed by atoms with Crippen LogP contribution in [-0.4, -0.2) is 20.8 Å². The van der Waals surface area contributed by atoms with Gasteiger partial charge in [0, 0.05) is 15.2 Å². The topological polar surface area (TPSA) is 43.4 Å². The monoisotopic (exact) mass is 372 g/mol. The Morgan fingerprint density at radius 2 is 2.11 bits per heavy atom. The molecule has 108 valence electrons. The minimum atomic E-state index is -3.44. The van der Waals surface area contributed by atoms with E-state index in [0.717, 1.165) is 4.47 Å². The van der Waals surface area contributed by atoms with E-state index < -0.39 is 14.9 Å². The molecule has 0 N–H and O–H groups in total. The van der Waals surface area contributed by atoms with Gasteiger partial charge in [-0.15, -0.1) is 0 Å². The lowest BCUT2D eigenvalue weighted by molar-refractivity contribution is 0.270. The van der Waals surface area contributed by atoms with E-state index in [0.29, 0.717) is 19.4 Å². The summed E-state index contributed by atoms with van der Waals surface area (Å²) in [6.45, 7) is 2.24. The second kappa shape index (κ2) is 7.45. The Morgan fingerprint density at radius 3 is 2.74 bits per heavy atom. The first-order valence-electron chi connectivity index (χ1n) is 5.78. The molecule has 0 aliphatic rings. The largest absolute Gasteiger partial charge is 0.490 e. The van der Waals surface area contributed by atoms with E-state index in [1.165, 1.54) is 6.07 Å². The summed E-state index contributed by atoms with van der Waals surface area (Å²) in [5, 5.41) is 0. The van der Waals surface area contributed by atoms with Crippen molar-refractivity contribution in [3.63, 3.8) is 0 Å². The average molecular weight is 374 g/mol. The molecule has 3 nitrogen and oxygen atoms in total. The Bertz CT molecular complexity index is 522.